The minimum Gasteiger partial charge on any atom is -0.377 e. The predicted molar refractivity (Wildman–Crippen MR) is 118 cm³/mol. The Bertz CT molecular complexity index is 378. The molecule has 0 spiro atoms. The maximum absolute atomic E-state index is 5.85. The van der Waals surface area contributed by atoms with Crippen molar-refractivity contribution >= 4 is 29.9 Å². The number of rotatable bonds is 9. The number of halogens is 1. The van der Waals surface area contributed by atoms with Gasteiger partial charge in [-0.3, -0.25) is 9.89 Å². The number of guanidine groups is 1. The molecule has 2 N–H and O–H groups in total. The molecule has 0 aromatic heterocycles. The lowest BCUT2D eigenvalue weighted by molar-refractivity contribution is 0.0548. The van der Waals surface area contributed by atoms with Crippen molar-refractivity contribution in [3.8, 4) is 0 Å². The average Bonchev–Trinajstić information content (AvgIpc) is 2.89. The number of hydrogen-bond donors (Lipinski definition) is 2. The molecule has 7 heteroatoms. The molecule has 1 heterocycles. The second kappa shape index (κ2) is 13.1. The molecule has 0 saturated carbocycles. The Morgan fingerprint density at radius 3 is 2.48 bits per heavy atom. The van der Waals surface area contributed by atoms with Crippen LogP contribution in [0.5, 0.6) is 0 Å². The molecule has 1 aliphatic rings. The van der Waals surface area contributed by atoms with E-state index in [4.69, 9.17) is 4.74 Å². The van der Waals surface area contributed by atoms with Crippen molar-refractivity contribution in [2.45, 2.75) is 52.3 Å². The van der Waals surface area contributed by atoms with E-state index in [-0.39, 0.29) is 30.1 Å². The molecule has 1 fully saturated rings. The molecule has 0 aliphatic carbocycles. The second-order valence-electron chi connectivity index (χ2n) is 7.40. The third-order valence-corrected chi connectivity index (χ3v) is 4.71. The lowest BCUT2D eigenvalue weighted by Gasteiger charge is -2.24. The zero-order chi connectivity index (χ0) is 18.1. The van der Waals surface area contributed by atoms with Crippen molar-refractivity contribution in [2.24, 2.45) is 10.9 Å². The largest absolute Gasteiger partial charge is 0.377 e. The molecule has 0 aromatic rings. The molecule has 3 atom stereocenters. The van der Waals surface area contributed by atoms with Crippen molar-refractivity contribution < 1.29 is 4.74 Å². The predicted octanol–water partition coefficient (Wildman–Crippen LogP) is 1.85. The summed E-state index contributed by atoms with van der Waals surface area (Å²) in [7, 11) is 6.03. The van der Waals surface area contributed by atoms with Crippen molar-refractivity contribution in [3.05, 3.63) is 0 Å². The summed E-state index contributed by atoms with van der Waals surface area (Å²) in [5, 5.41) is 7.04. The number of ether oxygens (including phenoxy) is 1. The lowest BCUT2D eigenvalue weighted by Crippen LogP contribution is -2.48. The fourth-order valence-corrected chi connectivity index (χ4v) is 3.08. The number of nitrogens with zero attached hydrogens (tertiary/aromatic N) is 3. The number of nitrogens with one attached hydrogen (secondary N) is 2. The minimum absolute atomic E-state index is 0. The quantitative estimate of drug-likeness (QED) is 0.307. The number of aliphatic imine (C=N–C) groups is 1. The van der Waals surface area contributed by atoms with Crippen molar-refractivity contribution in [2.75, 3.05) is 53.9 Å². The summed E-state index contributed by atoms with van der Waals surface area (Å²) in [5.41, 5.74) is 0. The van der Waals surface area contributed by atoms with Gasteiger partial charge in [0.05, 0.1) is 6.10 Å². The van der Waals surface area contributed by atoms with E-state index in [0.717, 1.165) is 45.2 Å². The molecule has 1 rings (SSSR count). The Morgan fingerprint density at radius 1 is 1.32 bits per heavy atom. The van der Waals surface area contributed by atoms with E-state index in [1.54, 1.807) is 0 Å². The van der Waals surface area contributed by atoms with Crippen LogP contribution in [-0.4, -0.2) is 87.9 Å². The van der Waals surface area contributed by atoms with E-state index in [1.807, 2.05) is 7.05 Å². The zero-order valence-electron chi connectivity index (χ0n) is 17.2. The van der Waals surface area contributed by atoms with Gasteiger partial charge in [-0.1, -0.05) is 6.92 Å². The van der Waals surface area contributed by atoms with Crippen LogP contribution >= 0.6 is 24.0 Å². The molecule has 150 valence electrons. The molecule has 6 nitrogen and oxygen atoms in total. The minimum atomic E-state index is 0. The van der Waals surface area contributed by atoms with Gasteiger partial charge in [-0.25, -0.2) is 0 Å². The Kier molecular flexibility index (Phi) is 13.0. The molecular weight excluding hydrogens is 429 g/mol. The zero-order valence-corrected chi connectivity index (χ0v) is 19.5. The molecule has 0 radical (unpaired) electrons. The molecule has 0 bridgehead atoms. The first-order valence-corrected chi connectivity index (χ1v) is 9.34. The summed E-state index contributed by atoms with van der Waals surface area (Å²) in [4.78, 5) is 9.11. The maximum atomic E-state index is 5.85. The first-order chi connectivity index (χ1) is 11.4. The van der Waals surface area contributed by atoms with Gasteiger partial charge >= 0.3 is 0 Å². The summed E-state index contributed by atoms with van der Waals surface area (Å²) < 4.78 is 5.85. The van der Waals surface area contributed by atoms with Crippen LogP contribution in [0, 0.1) is 5.92 Å². The van der Waals surface area contributed by atoms with Crippen molar-refractivity contribution in [1.29, 1.82) is 0 Å². The fourth-order valence-electron chi connectivity index (χ4n) is 3.08. The molecule has 0 amide bonds. The van der Waals surface area contributed by atoms with Crippen LogP contribution < -0.4 is 10.6 Å². The van der Waals surface area contributed by atoms with Gasteiger partial charge in [0.2, 0.25) is 0 Å². The Hall–Kier alpha value is -0.120. The van der Waals surface area contributed by atoms with Crippen LogP contribution in [0.3, 0.4) is 0 Å². The van der Waals surface area contributed by atoms with Crippen LogP contribution in [0.1, 0.15) is 34.1 Å². The molecule has 3 unspecified atom stereocenters. The van der Waals surface area contributed by atoms with E-state index >= 15 is 0 Å². The third kappa shape index (κ3) is 9.40. The Labute approximate surface area is 172 Å². The summed E-state index contributed by atoms with van der Waals surface area (Å²) in [5.74, 6) is 1.51. The molecular formula is C18H40IN5O. The van der Waals surface area contributed by atoms with Crippen LogP contribution in [-0.2, 0) is 4.74 Å². The molecule has 1 saturated heterocycles. The summed E-state index contributed by atoms with van der Waals surface area (Å²) >= 11 is 0. The summed E-state index contributed by atoms with van der Waals surface area (Å²) in [6.07, 6.45) is 1.23. The fraction of sp³-hybridized carbons (Fsp3) is 0.944. The second-order valence-corrected chi connectivity index (χ2v) is 7.40. The highest BCUT2D eigenvalue weighted by atomic mass is 127. The van der Waals surface area contributed by atoms with E-state index < -0.39 is 0 Å². The number of likely N-dealkylation sites (tertiary alicyclic amines) is 1. The van der Waals surface area contributed by atoms with E-state index in [2.05, 4.69) is 67.2 Å². The van der Waals surface area contributed by atoms with Gasteiger partial charge in [-0.2, -0.15) is 0 Å². The maximum Gasteiger partial charge on any atom is 0.191 e. The van der Waals surface area contributed by atoms with Gasteiger partial charge in [0, 0.05) is 51.9 Å². The smallest absolute Gasteiger partial charge is 0.191 e. The van der Waals surface area contributed by atoms with E-state index in [0.29, 0.717) is 18.0 Å². The Balaban J connectivity index is 0.00000576. The highest BCUT2D eigenvalue weighted by Crippen LogP contribution is 2.18. The van der Waals surface area contributed by atoms with Gasteiger partial charge in [-0.05, 0) is 47.2 Å². The molecule has 0 aromatic carbocycles. The van der Waals surface area contributed by atoms with E-state index in [1.165, 1.54) is 0 Å². The summed E-state index contributed by atoms with van der Waals surface area (Å²) in [6, 6.07) is 1.05. The first-order valence-electron chi connectivity index (χ1n) is 9.34. The highest BCUT2D eigenvalue weighted by molar-refractivity contribution is 14.0. The van der Waals surface area contributed by atoms with Gasteiger partial charge in [0.1, 0.15) is 0 Å². The third-order valence-electron chi connectivity index (χ3n) is 4.71. The van der Waals surface area contributed by atoms with Gasteiger partial charge in [0.25, 0.3) is 0 Å². The normalized spacial score (nSPS) is 23.0. The molecule has 1 aliphatic heterocycles. The Morgan fingerprint density at radius 2 is 2.00 bits per heavy atom. The van der Waals surface area contributed by atoms with Crippen LogP contribution in [0.25, 0.3) is 0 Å². The average molecular weight is 469 g/mol. The number of hydrogen-bond acceptors (Lipinski definition) is 4. The highest BCUT2D eigenvalue weighted by Gasteiger charge is 2.31. The van der Waals surface area contributed by atoms with E-state index in [9.17, 15) is 0 Å². The van der Waals surface area contributed by atoms with Crippen LogP contribution in [0.4, 0.5) is 0 Å². The van der Waals surface area contributed by atoms with Gasteiger partial charge in [0.15, 0.2) is 5.96 Å². The lowest BCUT2D eigenvalue weighted by atomic mass is 10.1. The summed E-state index contributed by atoms with van der Waals surface area (Å²) in [6.45, 7) is 13.7. The topological polar surface area (TPSA) is 52.1 Å². The van der Waals surface area contributed by atoms with Crippen molar-refractivity contribution in [1.82, 2.24) is 20.4 Å². The first kappa shape index (κ1) is 24.9. The van der Waals surface area contributed by atoms with Crippen molar-refractivity contribution in [3.63, 3.8) is 0 Å². The van der Waals surface area contributed by atoms with Crippen LogP contribution in [0.2, 0.25) is 0 Å². The van der Waals surface area contributed by atoms with Crippen LogP contribution in [0.15, 0.2) is 4.99 Å². The van der Waals surface area contributed by atoms with Gasteiger partial charge < -0.3 is 20.3 Å². The molecule has 25 heavy (non-hydrogen) atoms. The monoisotopic (exact) mass is 469 g/mol. The standard InChI is InChI=1S/C18H39N5O.HI/c1-8-24-16(9-10-22(6)7)11-20-18(19-5)21-17-13-23(14(2)3)12-15(17)4;/h14-17H,8-13H2,1-7H3,(H2,19,20,21);1H. The van der Waals surface area contributed by atoms with Gasteiger partial charge in [-0.15, -0.1) is 24.0 Å². The SMILES string of the molecule is CCOC(CCN(C)C)CNC(=NC)NC1CN(C(C)C)CC1C.I.